The van der Waals surface area contributed by atoms with E-state index in [1.165, 1.54) is 31.9 Å². The van der Waals surface area contributed by atoms with Gasteiger partial charge in [0.25, 0.3) is 0 Å². The predicted molar refractivity (Wildman–Crippen MR) is 72.3 cm³/mol. The second-order valence-electron chi connectivity index (χ2n) is 4.38. The van der Waals surface area contributed by atoms with Gasteiger partial charge in [-0.25, -0.2) is 9.78 Å². The molecule has 0 radical (unpaired) electrons. The van der Waals surface area contributed by atoms with Crippen LogP contribution in [0, 0.1) is 0 Å². The molecule has 100 valence electrons. The van der Waals surface area contributed by atoms with Crippen molar-refractivity contribution in [2.45, 2.75) is 45.4 Å². The molecule has 2 N–H and O–H groups in total. The van der Waals surface area contributed by atoms with Gasteiger partial charge >= 0.3 is 5.97 Å². The highest BCUT2D eigenvalue weighted by molar-refractivity contribution is 5.89. The van der Waals surface area contributed by atoms with Crippen LogP contribution in [0.5, 0.6) is 0 Å². The highest BCUT2D eigenvalue weighted by atomic mass is 16.5. The molecular weight excluding hydrogens is 228 g/mol. The summed E-state index contributed by atoms with van der Waals surface area (Å²) < 4.78 is 5.15. The second kappa shape index (κ2) is 8.50. The Morgan fingerprint density at radius 3 is 2.61 bits per heavy atom. The number of nitrogens with zero attached hydrogens (tertiary/aromatic N) is 1. The van der Waals surface area contributed by atoms with E-state index in [1.54, 1.807) is 12.1 Å². The first kappa shape index (κ1) is 14.5. The summed E-state index contributed by atoms with van der Waals surface area (Å²) >= 11 is 0. The van der Waals surface area contributed by atoms with Crippen LogP contribution >= 0.6 is 0 Å². The summed E-state index contributed by atoms with van der Waals surface area (Å²) in [7, 11) is 0. The van der Waals surface area contributed by atoms with Gasteiger partial charge in [0, 0.05) is 6.20 Å². The van der Waals surface area contributed by atoms with Crippen LogP contribution in [0.1, 0.15) is 55.8 Å². The fourth-order valence-electron chi connectivity index (χ4n) is 1.66. The highest BCUT2D eigenvalue weighted by Gasteiger charge is 2.06. The molecule has 1 heterocycles. The lowest BCUT2D eigenvalue weighted by Crippen LogP contribution is -2.07. The molecule has 18 heavy (non-hydrogen) atoms. The number of rotatable bonds is 8. The molecule has 0 aromatic carbocycles. The maximum absolute atomic E-state index is 11.6. The molecule has 4 nitrogen and oxygen atoms in total. The molecule has 0 saturated carbocycles. The van der Waals surface area contributed by atoms with E-state index in [4.69, 9.17) is 10.5 Å². The van der Waals surface area contributed by atoms with Gasteiger partial charge in [0.1, 0.15) is 5.82 Å². The molecule has 0 unspecified atom stereocenters. The number of nitrogen functional groups attached to an aromatic ring is 1. The smallest absolute Gasteiger partial charge is 0.339 e. The van der Waals surface area contributed by atoms with E-state index in [1.807, 2.05) is 0 Å². The van der Waals surface area contributed by atoms with E-state index >= 15 is 0 Å². The van der Waals surface area contributed by atoms with Crippen molar-refractivity contribution in [3.05, 3.63) is 23.9 Å². The number of anilines is 1. The molecule has 1 rings (SSSR count). The Balaban J connectivity index is 2.12. The van der Waals surface area contributed by atoms with Gasteiger partial charge in [0.05, 0.1) is 12.2 Å². The minimum atomic E-state index is -0.323. The Bertz CT molecular complexity index is 349. The standard InChI is InChI=1S/C14H22N2O2/c1-2-3-4-5-6-7-10-18-14(17)12-8-9-13(15)16-11-12/h8-9,11H,2-7,10H2,1H3,(H2,15,16). The molecule has 0 fully saturated rings. The molecule has 0 aliphatic heterocycles. The molecule has 0 atom stereocenters. The summed E-state index contributed by atoms with van der Waals surface area (Å²) in [5.41, 5.74) is 5.90. The van der Waals surface area contributed by atoms with Crippen LogP contribution in [-0.2, 0) is 4.74 Å². The third kappa shape index (κ3) is 5.66. The monoisotopic (exact) mass is 250 g/mol. The van der Waals surface area contributed by atoms with E-state index in [2.05, 4.69) is 11.9 Å². The van der Waals surface area contributed by atoms with Crippen molar-refractivity contribution in [2.75, 3.05) is 12.3 Å². The Labute approximate surface area is 109 Å². The van der Waals surface area contributed by atoms with Crippen molar-refractivity contribution in [2.24, 2.45) is 0 Å². The number of ether oxygens (including phenoxy) is 1. The number of carbonyl (C=O) groups excluding carboxylic acids is 1. The summed E-state index contributed by atoms with van der Waals surface area (Å²) in [6.07, 6.45) is 8.52. The van der Waals surface area contributed by atoms with Gasteiger partial charge < -0.3 is 10.5 Å². The van der Waals surface area contributed by atoms with E-state index in [9.17, 15) is 4.79 Å². The van der Waals surface area contributed by atoms with Crippen molar-refractivity contribution >= 4 is 11.8 Å². The van der Waals surface area contributed by atoms with Crippen LogP contribution in [0.2, 0.25) is 0 Å². The predicted octanol–water partition coefficient (Wildman–Crippen LogP) is 3.18. The van der Waals surface area contributed by atoms with Crippen molar-refractivity contribution < 1.29 is 9.53 Å². The molecule has 0 saturated heterocycles. The minimum absolute atomic E-state index is 0.323. The zero-order valence-electron chi connectivity index (χ0n) is 11.0. The van der Waals surface area contributed by atoms with Crippen molar-refractivity contribution in [1.82, 2.24) is 4.98 Å². The number of nitrogens with two attached hydrogens (primary N) is 1. The van der Waals surface area contributed by atoms with Crippen LogP contribution in [-0.4, -0.2) is 17.6 Å². The number of hydrogen-bond donors (Lipinski definition) is 1. The minimum Gasteiger partial charge on any atom is -0.462 e. The van der Waals surface area contributed by atoms with Crippen LogP contribution < -0.4 is 5.73 Å². The van der Waals surface area contributed by atoms with Crippen molar-refractivity contribution in [3.63, 3.8) is 0 Å². The summed E-state index contributed by atoms with van der Waals surface area (Å²) in [5.74, 6) is 0.0820. The Hall–Kier alpha value is -1.58. The Morgan fingerprint density at radius 1 is 1.22 bits per heavy atom. The first-order valence-corrected chi connectivity index (χ1v) is 6.62. The van der Waals surface area contributed by atoms with E-state index in [0.717, 1.165) is 12.8 Å². The van der Waals surface area contributed by atoms with Gasteiger partial charge in [0.2, 0.25) is 0 Å². The molecule has 4 heteroatoms. The van der Waals surface area contributed by atoms with Gasteiger partial charge in [-0.2, -0.15) is 0 Å². The average Bonchev–Trinajstić information content (AvgIpc) is 2.38. The largest absolute Gasteiger partial charge is 0.462 e. The molecule has 0 bridgehead atoms. The lowest BCUT2D eigenvalue weighted by molar-refractivity contribution is 0.0497. The van der Waals surface area contributed by atoms with Gasteiger partial charge in [0.15, 0.2) is 0 Å². The zero-order valence-corrected chi connectivity index (χ0v) is 11.0. The van der Waals surface area contributed by atoms with Gasteiger partial charge in [-0.05, 0) is 18.6 Å². The lowest BCUT2D eigenvalue weighted by atomic mass is 10.1. The molecule has 0 spiro atoms. The van der Waals surface area contributed by atoms with Crippen LogP contribution in [0.3, 0.4) is 0 Å². The summed E-state index contributed by atoms with van der Waals surface area (Å²) in [6, 6.07) is 3.23. The summed E-state index contributed by atoms with van der Waals surface area (Å²) in [5, 5.41) is 0. The normalized spacial score (nSPS) is 10.3. The Morgan fingerprint density at radius 2 is 1.94 bits per heavy atom. The molecule has 0 amide bonds. The maximum Gasteiger partial charge on any atom is 0.339 e. The number of unbranched alkanes of at least 4 members (excludes halogenated alkanes) is 5. The number of aromatic nitrogens is 1. The van der Waals surface area contributed by atoms with Crippen molar-refractivity contribution in [1.29, 1.82) is 0 Å². The number of carbonyl (C=O) groups is 1. The highest BCUT2D eigenvalue weighted by Crippen LogP contribution is 2.07. The molecule has 0 aliphatic carbocycles. The van der Waals surface area contributed by atoms with Crippen LogP contribution in [0.4, 0.5) is 5.82 Å². The lowest BCUT2D eigenvalue weighted by Gasteiger charge is -2.04. The first-order valence-electron chi connectivity index (χ1n) is 6.62. The SMILES string of the molecule is CCCCCCCCOC(=O)c1ccc(N)nc1. The third-order valence-corrected chi connectivity index (χ3v) is 2.75. The molecule has 0 aliphatic rings. The number of pyridine rings is 1. The number of esters is 1. The van der Waals surface area contributed by atoms with Crippen molar-refractivity contribution in [3.8, 4) is 0 Å². The van der Waals surface area contributed by atoms with Crippen LogP contribution in [0.25, 0.3) is 0 Å². The topological polar surface area (TPSA) is 65.2 Å². The first-order chi connectivity index (χ1) is 8.74. The fourth-order valence-corrected chi connectivity index (χ4v) is 1.66. The second-order valence-corrected chi connectivity index (χ2v) is 4.38. The fraction of sp³-hybridized carbons (Fsp3) is 0.571. The van der Waals surface area contributed by atoms with Gasteiger partial charge in [-0.15, -0.1) is 0 Å². The maximum atomic E-state index is 11.6. The third-order valence-electron chi connectivity index (χ3n) is 2.75. The zero-order chi connectivity index (χ0) is 13.2. The van der Waals surface area contributed by atoms with E-state index < -0.39 is 0 Å². The van der Waals surface area contributed by atoms with Gasteiger partial charge in [-0.1, -0.05) is 39.0 Å². The summed E-state index contributed by atoms with van der Waals surface area (Å²) in [4.78, 5) is 15.4. The number of hydrogen-bond acceptors (Lipinski definition) is 4. The quantitative estimate of drug-likeness (QED) is 0.568. The summed E-state index contributed by atoms with van der Waals surface area (Å²) in [6.45, 7) is 2.68. The molecule has 1 aromatic rings. The van der Waals surface area contributed by atoms with E-state index in [0.29, 0.717) is 18.0 Å². The Kier molecular flexibility index (Phi) is 6.84. The average molecular weight is 250 g/mol. The van der Waals surface area contributed by atoms with E-state index in [-0.39, 0.29) is 5.97 Å². The molecule has 1 aromatic heterocycles. The molecular formula is C14H22N2O2. The van der Waals surface area contributed by atoms with Crippen LogP contribution in [0.15, 0.2) is 18.3 Å². The van der Waals surface area contributed by atoms with Gasteiger partial charge in [-0.3, -0.25) is 0 Å².